The third-order valence-corrected chi connectivity index (χ3v) is 2.86. The van der Waals surface area contributed by atoms with Gasteiger partial charge in [-0.15, -0.1) is 0 Å². The minimum absolute atomic E-state index is 0.451. The van der Waals surface area contributed by atoms with Gasteiger partial charge in [0.1, 0.15) is 0 Å². The van der Waals surface area contributed by atoms with E-state index >= 15 is 0 Å². The van der Waals surface area contributed by atoms with Crippen LogP contribution in [0.4, 0.5) is 0 Å². The van der Waals surface area contributed by atoms with Gasteiger partial charge in [0.25, 0.3) is 0 Å². The molecule has 2 N–H and O–H groups in total. The maximum absolute atomic E-state index is 5.87. The Labute approximate surface area is 79.2 Å². The average Bonchev–Trinajstić information content (AvgIpc) is 2.53. The fourth-order valence-electron chi connectivity index (χ4n) is 2.15. The smallest absolute Gasteiger partial charge is 0.0270 e. The summed E-state index contributed by atoms with van der Waals surface area (Å²) in [5, 5.41) is 0. The quantitative estimate of drug-likeness (QED) is 0.745. The molecule has 70 valence electrons. The number of hydrogen-bond acceptors (Lipinski definition) is 2. The highest BCUT2D eigenvalue weighted by Crippen LogP contribution is 2.27. The molecule has 0 bridgehead atoms. The summed E-state index contributed by atoms with van der Waals surface area (Å²) in [5.41, 5.74) is 7.26. The van der Waals surface area contributed by atoms with Gasteiger partial charge in [-0.3, -0.25) is 4.98 Å². The number of nitrogens with two attached hydrogens (primary N) is 1. The van der Waals surface area contributed by atoms with Crippen LogP contribution in [-0.2, 0) is 6.42 Å². The van der Waals surface area contributed by atoms with E-state index in [-0.39, 0.29) is 0 Å². The van der Waals surface area contributed by atoms with Crippen LogP contribution < -0.4 is 5.73 Å². The summed E-state index contributed by atoms with van der Waals surface area (Å²) >= 11 is 0. The van der Waals surface area contributed by atoms with Crippen LogP contribution in [0.15, 0.2) is 24.5 Å². The second-order valence-corrected chi connectivity index (χ2v) is 4.00. The SMILES string of the molecule is NC1CCC(Cc2ccncc2)C1. The number of aromatic nitrogens is 1. The Morgan fingerprint density at radius 1 is 1.31 bits per heavy atom. The minimum atomic E-state index is 0.451. The zero-order chi connectivity index (χ0) is 9.10. The van der Waals surface area contributed by atoms with E-state index in [4.69, 9.17) is 5.73 Å². The van der Waals surface area contributed by atoms with Crippen LogP contribution in [0.2, 0.25) is 0 Å². The van der Waals surface area contributed by atoms with Crippen molar-refractivity contribution in [1.82, 2.24) is 4.98 Å². The first kappa shape index (κ1) is 8.70. The number of hydrogen-bond donors (Lipinski definition) is 1. The van der Waals surface area contributed by atoms with Gasteiger partial charge in [-0.1, -0.05) is 0 Å². The van der Waals surface area contributed by atoms with Gasteiger partial charge in [0.15, 0.2) is 0 Å². The van der Waals surface area contributed by atoms with Crippen LogP contribution in [0.25, 0.3) is 0 Å². The molecule has 1 fully saturated rings. The summed E-state index contributed by atoms with van der Waals surface area (Å²) in [4.78, 5) is 4.01. The highest BCUT2D eigenvalue weighted by atomic mass is 14.6. The first-order valence-corrected chi connectivity index (χ1v) is 4.99. The Bertz CT molecular complexity index is 258. The molecule has 2 unspecified atom stereocenters. The lowest BCUT2D eigenvalue weighted by Crippen LogP contribution is -2.15. The fourth-order valence-corrected chi connectivity index (χ4v) is 2.15. The largest absolute Gasteiger partial charge is 0.328 e. The fraction of sp³-hybridized carbons (Fsp3) is 0.545. The standard InChI is InChI=1S/C11H16N2/c12-11-2-1-10(8-11)7-9-3-5-13-6-4-9/h3-6,10-11H,1-2,7-8,12H2. The van der Waals surface area contributed by atoms with Crippen molar-refractivity contribution in [2.45, 2.75) is 31.7 Å². The van der Waals surface area contributed by atoms with Crippen molar-refractivity contribution in [1.29, 1.82) is 0 Å². The molecule has 0 spiro atoms. The highest BCUT2D eigenvalue weighted by Gasteiger charge is 2.21. The van der Waals surface area contributed by atoms with Crippen molar-refractivity contribution in [3.8, 4) is 0 Å². The maximum Gasteiger partial charge on any atom is 0.0270 e. The monoisotopic (exact) mass is 176 g/mol. The van der Waals surface area contributed by atoms with E-state index < -0.39 is 0 Å². The van der Waals surface area contributed by atoms with Crippen LogP contribution >= 0.6 is 0 Å². The molecular formula is C11H16N2. The van der Waals surface area contributed by atoms with Crippen LogP contribution in [0.1, 0.15) is 24.8 Å². The van der Waals surface area contributed by atoms with Crippen molar-refractivity contribution in [2.75, 3.05) is 0 Å². The van der Waals surface area contributed by atoms with Gasteiger partial charge >= 0.3 is 0 Å². The second kappa shape index (κ2) is 3.88. The summed E-state index contributed by atoms with van der Waals surface area (Å²) < 4.78 is 0. The molecule has 0 saturated heterocycles. The zero-order valence-corrected chi connectivity index (χ0v) is 7.82. The summed E-state index contributed by atoms with van der Waals surface area (Å²) in [6, 6.07) is 4.65. The highest BCUT2D eigenvalue weighted by molar-refractivity contribution is 5.10. The average molecular weight is 176 g/mol. The van der Waals surface area contributed by atoms with Crippen molar-refractivity contribution >= 4 is 0 Å². The molecule has 1 heterocycles. The van der Waals surface area contributed by atoms with Crippen LogP contribution in [0, 0.1) is 5.92 Å². The molecule has 1 aliphatic carbocycles. The third-order valence-electron chi connectivity index (χ3n) is 2.86. The first-order chi connectivity index (χ1) is 6.34. The van der Waals surface area contributed by atoms with E-state index in [1.54, 1.807) is 0 Å². The lowest BCUT2D eigenvalue weighted by Gasteiger charge is -2.08. The van der Waals surface area contributed by atoms with Crippen molar-refractivity contribution in [2.24, 2.45) is 11.7 Å². The van der Waals surface area contributed by atoms with E-state index in [0.717, 1.165) is 5.92 Å². The lowest BCUT2D eigenvalue weighted by atomic mass is 9.99. The summed E-state index contributed by atoms with van der Waals surface area (Å²) in [6.45, 7) is 0. The molecule has 1 aliphatic rings. The van der Waals surface area contributed by atoms with Crippen LogP contribution in [-0.4, -0.2) is 11.0 Å². The van der Waals surface area contributed by atoms with Crippen LogP contribution in [0.3, 0.4) is 0 Å². The molecule has 2 atom stereocenters. The topological polar surface area (TPSA) is 38.9 Å². The van der Waals surface area contributed by atoms with Gasteiger partial charge in [0.05, 0.1) is 0 Å². The molecular weight excluding hydrogens is 160 g/mol. The summed E-state index contributed by atoms with van der Waals surface area (Å²) in [5.74, 6) is 0.803. The number of rotatable bonds is 2. The molecule has 1 aromatic rings. The number of pyridine rings is 1. The normalized spacial score (nSPS) is 27.8. The van der Waals surface area contributed by atoms with E-state index in [1.807, 2.05) is 12.4 Å². The molecule has 2 heteroatoms. The predicted molar refractivity (Wildman–Crippen MR) is 53.3 cm³/mol. The van der Waals surface area contributed by atoms with Crippen molar-refractivity contribution in [3.05, 3.63) is 30.1 Å². The second-order valence-electron chi connectivity index (χ2n) is 4.00. The summed E-state index contributed by atoms with van der Waals surface area (Å²) in [7, 11) is 0. The molecule has 0 radical (unpaired) electrons. The first-order valence-electron chi connectivity index (χ1n) is 4.99. The number of nitrogens with zero attached hydrogens (tertiary/aromatic N) is 1. The van der Waals surface area contributed by atoms with Crippen molar-refractivity contribution < 1.29 is 0 Å². The zero-order valence-electron chi connectivity index (χ0n) is 7.82. The molecule has 0 aromatic carbocycles. The molecule has 1 aromatic heterocycles. The Kier molecular flexibility index (Phi) is 2.60. The van der Waals surface area contributed by atoms with Gasteiger partial charge in [-0.25, -0.2) is 0 Å². The van der Waals surface area contributed by atoms with Crippen molar-refractivity contribution in [3.63, 3.8) is 0 Å². The van der Waals surface area contributed by atoms with Gasteiger partial charge in [0.2, 0.25) is 0 Å². The third kappa shape index (κ3) is 2.28. The maximum atomic E-state index is 5.87. The van der Waals surface area contributed by atoms with E-state index in [1.165, 1.54) is 31.2 Å². The molecule has 13 heavy (non-hydrogen) atoms. The molecule has 1 saturated carbocycles. The van der Waals surface area contributed by atoms with E-state index in [0.29, 0.717) is 6.04 Å². The van der Waals surface area contributed by atoms with E-state index in [2.05, 4.69) is 17.1 Å². The summed E-state index contributed by atoms with van der Waals surface area (Å²) in [6.07, 6.45) is 8.60. The lowest BCUT2D eigenvalue weighted by molar-refractivity contribution is 0.535. The molecule has 2 rings (SSSR count). The van der Waals surface area contributed by atoms with E-state index in [9.17, 15) is 0 Å². The van der Waals surface area contributed by atoms with Gasteiger partial charge < -0.3 is 5.73 Å². The Hall–Kier alpha value is -0.890. The molecule has 0 amide bonds. The predicted octanol–water partition coefficient (Wildman–Crippen LogP) is 1.75. The molecule has 2 nitrogen and oxygen atoms in total. The van der Waals surface area contributed by atoms with Gasteiger partial charge in [-0.2, -0.15) is 0 Å². The Morgan fingerprint density at radius 2 is 2.08 bits per heavy atom. The Balaban J connectivity index is 1.92. The van der Waals surface area contributed by atoms with Gasteiger partial charge in [0, 0.05) is 18.4 Å². The van der Waals surface area contributed by atoms with Gasteiger partial charge in [-0.05, 0) is 49.3 Å². The van der Waals surface area contributed by atoms with Crippen LogP contribution in [0.5, 0.6) is 0 Å². The Morgan fingerprint density at radius 3 is 2.69 bits per heavy atom. The minimum Gasteiger partial charge on any atom is -0.328 e. The molecule has 0 aliphatic heterocycles.